The smallest absolute Gasteiger partial charge is 0.271 e. The van der Waals surface area contributed by atoms with E-state index in [-0.39, 0.29) is 12.4 Å². The molecule has 27 heavy (non-hydrogen) atoms. The lowest BCUT2D eigenvalue weighted by Gasteiger charge is -2.25. The average molecular weight is 389 g/mol. The van der Waals surface area contributed by atoms with Crippen LogP contribution in [0.5, 0.6) is 11.5 Å². The van der Waals surface area contributed by atoms with E-state index in [4.69, 9.17) is 9.47 Å². The van der Waals surface area contributed by atoms with E-state index in [1.165, 1.54) is 11.8 Å². The summed E-state index contributed by atoms with van der Waals surface area (Å²) >= 11 is 1.22. The Morgan fingerprint density at radius 1 is 1.22 bits per heavy atom. The van der Waals surface area contributed by atoms with Gasteiger partial charge in [-0.25, -0.2) is 4.68 Å². The highest BCUT2D eigenvalue weighted by Gasteiger charge is 2.29. The van der Waals surface area contributed by atoms with Crippen LogP contribution in [0.4, 0.5) is 0 Å². The maximum Gasteiger partial charge on any atom is 0.271 e. The van der Waals surface area contributed by atoms with Gasteiger partial charge in [0.25, 0.3) is 5.91 Å². The number of nitrogens with one attached hydrogen (secondary N) is 1. The number of carbonyl (C=O) groups is 2. The van der Waals surface area contributed by atoms with Crippen molar-refractivity contribution in [3.05, 3.63) is 24.3 Å². The first-order valence-electron chi connectivity index (χ1n) is 8.83. The number of rotatable bonds is 5. The van der Waals surface area contributed by atoms with E-state index in [0.717, 1.165) is 25.7 Å². The van der Waals surface area contributed by atoms with Crippen molar-refractivity contribution in [2.75, 3.05) is 12.4 Å². The van der Waals surface area contributed by atoms with E-state index < -0.39 is 17.9 Å². The Bertz CT molecular complexity index is 836. The molecule has 1 fully saturated rings. The summed E-state index contributed by atoms with van der Waals surface area (Å²) in [6.07, 6.45) is 3.55. The molecule has 1 aliphatic heterocycles. The third kappa shape index (κ3) is 4.05. The second-order valence-electron chi connectivity index (χ2n) is 6.41. The Morgan fingerprint density at radius 3 is 2.81 bits per heavy atom. The van der Waals surface area contributed by atoms with Crippen LogP contribution < -0.4 is 14.8 Å². The summed E-state index contributed by atoms with van der Waals surface area (Å²) in [5, 5.41) is 14.7. The maximum absolute atomic E-state index is 12.3. The van der Waals surface area contributed by atoms with E-state index in [1.807, 2.05) is 6.07 Å². The molecule has 2 amide bonds. The molecule has 1 aromatic carbocycles. The lowest BCUT2D eigenvalue weighted by atomic mass is 10.2. The number of para-hydroxylation sites is 2. The fraction of sp³-hybridized carbons (Fsp3) is 0.471. The predicted octanol–water partition coefficient (Wildman–Crippen LogP) is 1.36. The number of tetrazole rings is 1. The molecule has 0 bridgehead atoms. The summed E-state index contributed by atoms with van der Waals surface area (Å²) in [4.78, 5) is 24.4. The van der Waals surface area contributed by atoms with Gasteiger partial charge in [0.05, 0.1) is 11.8 Å². The second-order valence-corrected chi connectivity index (χ2v) is 7.35. The molecule has 2 aromatic rings. The van der Waals surface area contributed by atoms with Gasteiger partial charge in [-0.2, -0.15) is 0 Å². The summed E-state index contributed by atoms with van der Waals surface area (Å²) in [5.74, 6) is 0.172. The van der Waals surface area contributed by atoms with Crippen LogP contribution in [0.1, 0.15) is 31.7 Å². The topological polar surface area (TPSA) is 108 Å². The Kier molecular flexibility index (Phi) is 5.23. The molecular weight excluding hydrogens is 370 g/mol. The Labute approximate surface area is 159 Å². The number of benzene rings is 1. The first kappa shape index (κ1) is 17.8. The van der Waals surface area contributed by atoms with Crippen LogP contribution in [0.2, 0.25) is 0 Å². The van der Waals surface area contributed by atoms with Crippen LogP contribution in [0.25, 0.3) is 0 Å². The van der Waals surface area contributed by atoms with Crippen molar-refractivity contribution in [1.82, 2.24) is 25.5 Å². The van der Waals surface area contributed by atoms with Gasteiger partial charge in [0.2, 0.25) is 17.2 Å². The minimum Gasteiger partial charge on any atom is -0.485 e. The largest absolute Gasteiger partial charge is 0.485 e. The number of thioether (sulfide) groups is 1. The van der Waals surface area contributed by atoms with Crippen molar-refractivity contribution in [1.29, 1.82) is 0 Å². The van der Waals surface area contributed by atoms with Crippen molar-refractivity contribution in [3.63, 3.8) is 0 Å². The zero-order valence-corrected chi connectivity index (χ0v) is 15.4. The molecule has 0 unspecified atom stereocenters. The lowest BCUT2D eigenvalue weighted by Crippen LogP contribution is -2.46. The summed E-state index contributed by atoms with van der Waals surface area (Å²) < 4.78 is 12.9. The van der Waals surface area contributed by atoms with E-state index in [9.17, 15) is 9.59 Å². The van der Waals surface area contributed by atoms with Crippen molar-refractivity contribution in [2.24, 2.45) is 0 Å². The molecule has 2 heterocycles. The third-order valence-electron chi connectivity index (χ3n) is 4.53. The molecule has 1 aliphatic carbocycles. The molecule has 0 saturated heterocycles. The maximum atomic E-state index is 12.3. The van der Waals surface area contributed by atoms with Gasteiger partial charge in [0.15, 0.2) is 11.5 Å². The minimum absolute atomic E-state index is 0.0446. The molecule has 10 heteroatoms. The van der Waals surface area contributed by atoms with Crippen molar-refractivity contribution in [3.8, 4) is 11.5 Å². The summed E-state index contributed by atoms with van der Waals surface area (Å²) in [6.45, 7) is 0.0587. The molecule has 1 saturated carbocycles. The highest BCUT2D eigenvalue weighted by Crippen LogP contribution is 2.32. The zero-order chi connectivity index (χ0) is 18.6. The Balaban J connectivity index is 1.29. The van der Waals surface area contributed by atoms with Gasteiger partial charge in [-0.3, -0.25) is 14.9 Å². The SMILES string of the molecule is O=C(CSc1nnnn1C1CCCC1)NC(=O)[C@@H]1COc2ccccc2O1. The molecular formula is C17H19N5O4S. The average Bonchev–Trinajstić information content (AvgIpc) is 3.37. The first-order chi connectivity index (χ1) is 13.2. The van der Waals surface area contributed by atoms with E-state index in [0.29, 0.717) is 22.7 Å². The summed E-state index contributed by atoms with van der Waals surface area (Å²) in [5.41, 5.74) is 0. The Morgan fingerprint density at radius 2 is 2.00 bits per heavy atom. The van der Waals surface area contributed by atoms with Crippen LogP contribution in [0, 0.1) is 0 Å². The molecule has 1 aromatic heterocycles. The molecule has 142 valence electrons. The standard InChI is InChI=1S/C17H19N5O4S/c23-15(10-27-17-19-20-21-22(17)11-5-1-2-6-11)18-16(24)14-9-25-12-7-3-4-8-13(12)26-14/h3-4,7-8,11,14H,1-2,5-6,9-10H2,(H,18,23,24)/t14-/m0/s1. The molecule has 4 rings (SSSR count). The van der Waals surface area contributed by atoms with Gasteiger partial charge >= 0.3 is 0 Å². The van der Waals surface area contributed by atoms with Crippen LogP contribution in [-0.2, 0) is 9.59 Å². The van der Waals surface area contributed by atoms with Crippen LogP contribution in [0.15, 0.2) is 29.4 Å². The fourth-order valence-corrected chi connectivity index (χ4v) is 3.94. The molecule has 1 atom stereocenters. The normalized spacial score (nSPS) is 19.0. The predicted molar refractivity (Wildman–Crippen MR) is 95.5 cm³/mol. The van der Waals surface area contributed by atoms with Gasteiger partial charge in [-0.05, 0) is 35.4 Å². The van der Waals surface area contributed by atoms with Crippen LogP contribution >= 0.6 is 11.8 Å². The molecule has 0 radical (unpaired) electrons. The van der Waals surface area contributed by atoms with Crippen LogP contribution in [0.3, 0.4) is 0 Å². The number of imide groups is 1. The number of aromatic nitrogens is 4. The number of hydrogen-bond acceptors (Lipinski definition) is 8. The third-order valence-corrected chi connectivity index (χ3v) is 5.46. The number of amides is 2. The quantitative estimate of drug-likeness (QED) is 0.764. The zero-order valence-electron chi connectivity index (χ0n) is 14.5. The van der Waals surface area contributed by atoms with Crippen LogP contribution in [-0.4, -0.2) is 50.5 Å². The minimum atomic E-state index is -0.863. The number of fused-ring (bicyclic) bond motifs is 1. The molecule has 1 N–H and O–H groups in total. The number of hydrogen-bond donors (Lipinski definition) is 1. The van der Waals surface area contributed by atoms with Gasteiger partial charge in [0, 0.05) is 0 Å². The van der Waals surface area contributed by atoms with E-state index >= 15 is 0 Å². The van der Waals surface area contributed by atoms with Gasteiger partial charge in [-0.15, -0.1) is 5.10 Å². The first-order valence-corrected chi connectivity index (χ1v) is 9.82. The van der Waals surface area contributed by atoms with Crippen molar-refractivity contribution >= 4 is 23.6 Å². The summed E-state index contributed by atoms with van der Waals surface area (Å²) in [7, 11) is 0. The highest BCUT2D eigenvalue weighted by molar-refractivity contribution is 7.99. The molecule has 2 aliphatic rings. The molecule has 9 nitrogen and oxygen atoms in total. The van der Waals surface area contributed by atoms with Gasteiger partial charge in [-0.1, -0.05) is 36.7 Å². The van der Waals surface area contributed by atoms with Gasteiger partial charge in [0.1, 0.15) is 6.61 Å². The number of carbonyl (C=O) groups excluding carboxylic acids is 2. The molecule has 0 spiro atoms. The van der Waals surface area contributed by atoms with Crippen molar-refractivity contribution in [2.45, 2.75) is 43.0 Å². The van der Waals surface area contributed by atoms with E-state index in [2.05, 4.69) is 20.8 Å². The second kappa shape index (κ2) is 7.95. The fourth-order valence-electron chi connectivity index (χ4n) is 3.19. The van der Waals surface area contributed by atoms with Crippen molar-refractivity contribution < 1.29 is 19.1 Å². The number of nitrogens with zero attached hydrogens (tertiary/aromatic N) is 4. The number of ether oxygens (including phenoxy) is 2. The summed E-state index contributed by atoms with van der Waals surface area (Å²) in [6, 6.07) is 7.39. The van der Waals surface area contributed by atoms with Gasteiger partial charge < -0.3 is 9.47 Å². The highest BCUT2D eigenvalue weighted by atomic mass is 32.2. The lowest BCUT2D eigenvalue weighted by molar-refractivity contribution is -0.135. The Hall–Kier alpha value is -2.62. The monoisotopic (exact) mass is 389 g/mol. The van der Waals surface area contributed by atoms with E-state index in [1.54, 1.807) is 22.9 Å².